The Balaban J connectivity index is 1.54. The van der Waals surface area contributed by atoms with Crippen LogP contribution < -0.4 is 5.32 Å². The van der Waals surface area contributed by atoms with Crippen molar-refractivity contribution in [3.05, 3.63) is 89.5 Å². The summed E-state index contributed by atoms with van der Waals surface area (Å²) in [4.78, 5) is 22.3. The van der Waals surface area contributed by atoms with Crippen LogP contribution in [0.2, 0.25) is 0 Å². The Kier molecular flexibility index (Phi) is 5.86. The molecule has 0 fully saturated rings. The summed E-state index contributed by atoms with van der Waals surface area (Å²) < 4.78 is 3.47. The van der Waals surface area contributed by atoms with E-state index in [0.717, 1.165) is 27.9 Å². The highest BCUT2D eigenvalue weighted by Crippen LogP contribution is 2.27. The van der Waals surface area contributed by atoms with E-state index in [-0.39, 0.29) is 11.8 Å². The third-order valence-corrected chi connectivity index (χ3v) is 6.14. The lowest BCUT2D eigenvalue weighted by atomic mass is 9.96. The van der Waals surface area contributed by atoms with Gasteiger partial charge in [0.2, 0.25) is 5.91 Å². The third-order valence-electron chi connectivity index (χ3n) is 6.14. The van der Waals surface area contributed by atoms with E-state index in [1.165, 1.54) is 11.9 Å². The fourth-order valence-electron chi connectivity index (χ4n) is 4.44. The van der Waals surface area contributed by atoms with Crippen molar-refractivity contribution in [1.82, 2.24) is 29.5 Å². The molecule has 0 saturated carbocycles. The number of aryl methyl sites for hydroxylation is 3. The SMILES string of the molecule is CCC(C(=O)Nc1cc(C)nn1-c1ncnc2c1cnn2-c1ccc(C)cc1C)c1ccccc1. The first-order valence-electron chi connectivity index (χ1n) is 11.7. The van der Waals surface area contributed by atoms with Gasteiger partial charge in [0.25, 0.3) is 0 Å². The van der Waals surface area contributed by atoms with Crippen LogP contribution >= 0.6 is 0 Å². The zero-order chi connectivity index (χ0) is 24.5. The van der Waals surface area contributed by atoms with Crippen molar-refractivity contribution in [2.45, 2.75) is 40.0 Å². The molecule has 1 atom stereocenters. The molecule has 3 aromatic heterocycles. The van der Waals surface area contributed by atoms with E-state index in [2.05, 4.69) is 51.5 Å². The van der Waals surface area contributed by atoms with E-state index in [1.807, 2.05) is 61.0 Å². The van der Waals surface area contributed by atoms with Crippen molar-refractivity contribution in [1.29, 1.82) is 0 Å². The quantitative estimate of drug-likeness (QED) is 0.379. The first-order chi connectivity index (χ1) is 17.0. The minimum absolute atomic E-state index is 0.0869. The van der Waals surface area contributed by atoms with Crippen LogP contribution in [0.5, 0.6) is 0 Å². The van der Waals surface area contributed by atoms with Crippen LogP contribution in [0.1, 0.15) is 41.6 Å². The predicted molar refractivity (Wildman–Crippen MR) is 136 cm³/mol. The monoisotopic (exact) mass is 465 g/mol. The van der Waals surface area contributed by atoms with E-state index < -0.39 is 0 Å². The van der Waals surface area contributed by atoms with Gasteiger partial charge in [-0.2, -0.15) is 14.9 Å². The molecule has 0 aliphatic heterocycles. The van der Waals surface area contributed by atoms with Gasteiger partial charge in [0.05, 0.1) is 28.9 Å². The number of rotatable bonds is 6. The second-order valence-electron chi connectivity index (χ2n) is 8.72. The van der Waals surface area contributed by atoms with Crippen LogP contribution in [-0.4, -0.2) is 35.4 Å². The Morgan fingerprint density at radius 2 is 1.80 bits per heavy atom. The van der Waals surface area contributed by atoms with E-state index in [0.29, 0.717) is 23.7 Å². The summed E-state index contributed by atoms with van der Waals surface area (Å²) in [6.45, 7) is 8.02. The van der Waals surface area contributed by atoms with Gasteiger partial charge in [0, 0.05) is 6.07 Å². The Hall–Kier alpha value is -4.33. The van der Waals surface area contributed by atoms with Crippen LogP contribution in [0, 0.1) is 20.8 Å². The Labute approximate surface area is 203 Å². The smallest absolute Gasteiger partial charge is 0.233 e. The van der Waals surface area contributed by atoms with Crippen LogP contribution in [0.15, 0.2) is 67.1 Å². The lowest BCUT2D eigenvalue weighted by molar-refractivity contribution is -0.117. The molecule has 0 radical (unpaired) electrons. The minimum Gasteiger partial charge on any atom is -0.310 e. The molecule has 2 aromatic carbocycles. The molecule has 35 heavy (non-hydrogen) atoms. The normalized spacial score (nSPS) is 12.1. The number of anilines is 1. The molecule has 0 aliphatic carbocycles. The van der Waals surface area contributed by atoms with Crippen LogP contribution in [0.3, 0.4) is 0 Å². The molecule has 0 aliphatic rings. The van der Waals surface area contributed by atoms with Crippen molar-refractivity contribution in [3.8, 4) is 11.5 Å². The average molecular weight is 466 g/mol. The lowest BCUT2D eigenvalue weighted by Crippen LogP contribution is -2.22. The number of carbonyl (C=O) groups is 1. The molecule has 8 nitrogen and oxygen atoms in total. The molecule has 3 heterocycles. The summed E-state index contributed by atoms with van der Waals surface area (Å²) >= 11 is 0. The molecule has 0 bridgehead atoms. The second-order valence-corrected chi connectivity index (χ2v) is 8.72. The number of aromatic nitrogens is 6. The van der Waals surface area contributed by atoms with Crippen LogP contribution in [0.4, 0.5) is 5.82 Å². The fraction of sp³-hybridized carbons (Fsp3) is 0.222. The minimum atomic E-state index is -0.266. The molecule has 1 N–H and O–H groups in total. The van der Waals surface area contributed by atoms with Crippen molar-refractivity contribution in [3.63, 3.8) is 0 Å². The van der Waals surface area contributed by atoms with E-state index in [4.69, 9.17) is 0 Å². The van der Waals surface area contributed by atoms with Gasteiger partial charge in [-0.05, 0) is 44.4 Å². The third kappa shape index (κ3) is 4.19. The predicted octanol–water partition coefficient (Wildman–Crippen LogP) is 5.06. The summed E-state index contributed by atoms with van der Waals surface area (Å²) in [5, 5.41) is 13.0. The van der Waals surface area contributed by atoms with Gasteiger partial charge in [-0.15, -0.1) is 0 Å². The molecule has 5 rings (SSSR count). The lowest BCUT2D eigenvalue weighted by Gasteiger charge is -2.16. The molecule has 176 valence electrons. The Morgan fingerprint density at radius 3 is 2.54 bits per heavy atom. The fourth-order valence-corrected chi connectivity index (χ4v) is 4.44. The van der Waals surface area contributed by atoms with Crippen LogP contribution in [-0.2, 0) is 4.79 Å². The summed E-state index contributed by atoms with van der Waals surface area (Å²) in [6, 6.07) is 17.9. The zero-order valence-electron chi connectivity index (χ0n) is 20.2. The standard InChI is InChI=1S/C27H27N7O/c1-5-21(20-9-7-6-8-10-20)27(35)31-24-14-19(4)32-34(24)26-22-15-30-33(25(22)28-16-29-26)23-12-11-17(2)13-18(23)3/h6-16,21H,5H2,1-4H3,(H,31,35). The number of nitrogens with one attached hydrogen (secondary N) is 1. The number of nitrogens with zero attached hydrogens (tertiary/aromatic N) is 6. The van der Waals surface area contributed by atoms with Gasteiger partial charge in [-0.25, -0.2) is 14.6 Å². The number of fused-ring (bicyclic) bond motifs is 1. The Morgan fingerprint density at radius 1 is 1.00 bits per heavy atom. The first-order valence-corrected chi connectivity index (χ1v) is 11.7. The largest absolute Gasteiger partial charge is 0.310 e. The number of benzene rings is 2. The zero-order valence-corrected chi connectivity index (χ0v) is 20.2. The average Bonchev–Trinajstić information content (AvgIpc) is 3.43. The maximum atomic E-state index is 13.3. The summed E-state index contributed by atoms with van der Waals surface area (Å²) in [6.07, 6.45) is 3.93. The first kappa shape index (κ1) is 22.5. The number of amides is 1. The van der Waals surface area contributed by atoms with E-state index >= 15 is 0 Å². The molecule has 5 aromatic rings. The number of hydrogen-bond donors (Lipinski definition) is 1. The molecular formula is C27H27N7O. The van der Waals surface area contributed by atoms with E-state index in [9.17, 15) is 4.79 Å². The van der Waals surface area contributed by atoms with Gasteiger partial charge < -0.3 is 5.32 Å². The highest BCUT2D eigenvalue weighted by Gasteiger charge is 2.22. The number of hydrogen-bond acceptors (Lipinski definition) is 5. The number of carbonyl (C=O) groups excluding carboxylic acids is 1. The topological polar surface area (TPSA) is 90.5 Å². The summed E-state index contributed by atoms with van der Waals surface area (Å²) in [7, 11) is 0. The maximum Gasteiger partial charge on any atom is 0.233 e. The molecular weight excluding hydrogens is 438 g/mol. The summed E-state index contributed by atoms with van der Waals surface area (Å²) in [5.41, 5.74) is 5.66. The van der Waals surface area contributed by atoms with Gasteiger partial charge in [0.15, 0.2) is 11.5 Å². The van der Waals surface area contributed by atoms with Gasteiger partial charge >= 0.3 is 0 Å². The van der Waals surface area contributed by atoms with Crippen molar-refractivity contribution in [2.24, 2.45) is 0 Å². The van der Waals surface area contributed by atoms with Crippen LogP contribution in [0.25, 0.3) is 22.5 Å². The molecule has 8 heteroatoms. The van der Waals surface area contributed by atoms with Crippen molar-refractivity contribution < 1.29 is 4.79 Å². The highest BCUT2D eigenvalue weighted by molar-refractivity contribution is 5.96. The van der Waals surface area contributed by atoms with Gasteiger partial charge in [0.1, 0.15) is 12.1 Å². The maximum absolute atomic E-state index is 13.3. The van der Waals surface area contributed by atoms with Gasteiger partial charge in [-0.3, -0.25) is 4.79 Å². The highest BCUT2D eigenvalue weighted by atomic mass is 16.2. The molecule has 0 saturated heterocycles. The van der Waals surface area contributed by atoms with Crippen molar-refractivity contribution >= 4 is 22.8 Å². The molecule has 0 spiro atoms. The molecule has 1 amide bonds. The van der Waals surface area contributed by atoms with Crippen molar-refractivity contribution in [2.75, 3.05) is 5.32 Å². The van der Waals surface area contributed by atoms with Gasteiger partial charge in [-0.1, -0.05) is 55.0 Å². The Bertz CT molecular complexity index is 1520. The molecule has 1 unspecified atom stereocenters. The van der Waals surface area contributed by atoms with E-state index in [1.54, 1.807) is 10.9 Å². The summed E-state index contributed by atoms with van der Waals surface area (Å²) in [5.74, 6) is 0.761. The second kappa shape index (κ2) is 9.13.